The van der Waals surface area contributed by atoms with Crippen LogP contribution in [0.15, 0.2) is 24.3 Å². The van der Waals surface area contributed by atoms with E-state index in [1.54, 1.807) is 20.8 Å². The lowest BCUT2D eigenvalue weighted by Gasteiger charge is -2.23. The Morgan fingerprint density at radius 2 is 1.73 bits per heavy atom. The molecule has 0 aliphatic heterocycles. The molecule has 0 saturated carbocycles. The number of ether oxygens (including phenoxy) is 2. The molecule has 9 heteroatoms. The van der Waals surface area contributed by atoms with Crippen molar-refractivity contribution in [2.45, 2.75) is 50.0 Å². The summed E-state index contributed by atoms with van der Waals surface area (Å²) in [5.74, 6) is -0.644. The third-order valence-corrected chi connectivity index (χ3v) is 3.92. The van der Waals surface area contributed by atoms with Crippen LogP contribution in [0.2, 0.25) is 0 Å². The molecule has 0 heterocycles. The quantitative estimate of drug-likeness (QED) is 0.439. The molecule has 0 radical (unpaired) electrons. The molecule has 146 valence electrons. The summed E-state index contributed by atoms with van der Waals surface area (Å²) in [6.45, 7) is 1.42. The molecule has 6 nitrogen and oxygen atoms in total. The predicted octanol–water partition coefficient (Wildman–Crippen LogP) is 3.37. The zero-order valence-corrected chi connectivity index (χ0v) is 17.0. The maximum absolute atomic E-state index is 12.3. The monoisotopic (exact) mass is 484 g/mol. The smallest absolute Gasteiger partial charge is 0.408 e. The van der Waals surface area contributed by atoms with E-state index in [4.69, 9.17) is 4.74 Å². The lowest BCUT2D eigenvalue weighted by molar-refractivity contribution is -0.143. The summed E-state index contributed by atoms with van der Waals surface area (Å²) >= 11 is 2.24. The molecule has 0 spiro atoms. The number of benzene rings is 1. The van der Waals surface area contributed by atoms with Crippen LogP contribution in [0.5, 0.6) is 0 Å². The summed E-state index contributed by atoms with van der Waals surface area (Å²) in [5, 5.41) is 4.84. The van der Waals surface area contributed by atoms with Crippen LogP contribution < -0.4 is 10.6 Å². The first-order chi connectivity index (χ1) is 12.1. The van der Waals surface area contributed by atoms with Crippen molar-refractivity contribution < 1.29 is 27.8 Å². The molecule has 26 heavy (non-hydrogen) atoms. The molecule has 1 aromatic carbocycles. The summed E-state index contributed by atoms with van der Waals surface area (Å²) in [4.78, 5) is 24.1. The first kappa shape index (κ1) is 22.6. The van der Waals surface area contributed by atoms with Gasteiger partial charge in [-0.1, -0.05) is 46.9 Å². The van der Waals surface area contributed by atoms with Gasteiger partial charge >= 0.3 is 12.7 Å². The standard InChI is InChI=1S/C17H23F2IN2O4/c1-17(2,3)26-16(24)22-13(10-25-15(18)19)14(23)21-9-12-6-4-11(8-20)5-7-12/h4-7,13,15H,8-10H2,1-3H3,(H,21,23)(H,22,24)/t13-/m1/s1. The van der Waals surface area contributed by atoms with Gasteiger partial charge in [-0.3, -0.25) is 4.79 Å². The van der Waals surface area contributed by atoms with Crippen LogP contribution in [0.1, 0.15) is 31.9 Å². The fourth-order valence-electron chi connectivity index (χ4n) is 1.86. The highest BCUT2D eigenvalue weighted by molar-refractivity contribution is 14.1. The summed E-state index contributed by atoms with van der Waals surface area (Å²) in [5.41, 5.74) is 1.21. The van der Waals surface area contributed by atoms with Gasteiger partial charge < -0.3 is 20.1 Å². The van der Waals surface area contributed by atoms with Crippen molar-refractivity contribution in [3.63, 3.8) is 0 Å². The molecule has 1 aromatic rings. The van der Waals surface area contributed by atoms with Crippen molar-refractivity contribution in [1.82, 2.24) is 10.6 Å². The van der Waals surface area contributed by atoms with Gasteiger partial charge in [0, 0.05) is 11.0 Å². The van der Waals surface area contributed by atoms with Gasteiger partial charge in [-0.2, -0.15) is 8.78 Å². The van der Waals surface area contributed by atoms with E-state index in [0.29, 0.717) is 0 Å². The van der Waals surface area contributed by atoms with Gasteiger partial charge in [-0.15, -0.1) is 0 Å². The Morgan fingerprint density at radius 3 is 2.23 bits per heavy atom. The second-order valence-corrected chi connectivity index (χ2v) is 7.22. The minimum absolute atomic E-state index is 0.196. The Kier molecular flexibility index (Phi) is 9.20. The molecule has 2 N–H and O–H groups in total. The van der Waals surface area contributed by atoms with Crippen molar-refractivity contribution in [1.29, 1.82) is 0 Å². The molecule has 0 aromatic heterocycles. The Labute approximate surface area is 165 Å². The van der Waals surface area contributed by atoms with E-state index in [0.717, 1.165) is 15.6 Å². The average molecular weight is 484 g/mol. The van der Waals surface area contributed by atoms with E-state index in [1.165, 1.54) is 0 Å². The highest BCUT2D eigenvalue weighted by atomic mass is 127. The fraction of sp³-hybridized carbons (Fsp3) is 0.529. The molecule has 0 saturated heterocycles. The van der Waals surface area contributed by atoms with Crippen molar-refractivity contribution in [3.05, 3.63) is 35.4 Å². The Balaban J connectivity index is 2.65. The molecule has 0 unspecified atom stereocenters. The first-order valence-electron chi connectivity index (χ1n) is 7.91. The Bertz CT molecular complexity index is 591. The molecule has 0 bridgehead atoms. The highest BCUT2D eigenvalue weighted by Gasteiger charge is 2.25. The second-order valence-electron chi connectivity index (χ2n) is 6.46. The topological polar surface area (TPSA) is 76.7 Å². The van der Waals surface area contributed by atoms with E-state index in [2.05, 4.69) is 38.0 Å². The average Bonchev–Trinajstić information content (AvgIpc) is 2.55. The van der Waals surface area contributed by atoms with E-state index < -0.39 is 36.9 Å². The number of rotatable bonds is 8. The largest absolute Gasteiger partial charge is 0.444 e. The third kappa shape index (κ3) is 9.27. The summed E-state index contributed by atoms with van der Waals surface area (Å²) in [7, 11) is 0. The number of carbonyl (C=O) groups excluding carboxylic acids is 2. The van der Waals surface area contributed by atoms with Crippen LogP contribution in [0.25, 0.3) is 0 Å². The lowest BCUT2D eigenvalue weighted by Crippen LogP contribution is -2.50. The first-order valence-corrected chi connectivity index (χ1v) is 9.44. The summed E-state index contributed by atoms with van der Waals surface area (Å²) < 4.78 is 34.7. The van der Waals surface area contributed by atoms with Crippen LogP contribution in [-0.4, -0.2) is 36.9 Å². The second kappa shape index (κ2) is 10.6. The molecule has 2 amide bonds. The van der Waals surface area contributed by atoms with Crippen molar-refractivity contribution in [2.75, 3.05) is 6.61 Å². The molecule has 1 rings (SSSR count). The number of hydrogen-bond donors (Lipinski definition) is 2. The molecular formula is C17H23F2IN2O4. The predicted molar refractivity (Wildman–Crippen MR) is 101 cm³/mol. The van der Waals surface area contributed by atoms with Crippen molar-refractivity contribution >= 4 is 34.6 Å². The van der Waals surface area contributed by atoms with E-state index >= 15 is 0 Å². The summed E-state index contributed by atoms with van der Waals surface area (Å²) in [6, 6.07) is 6.29. The van der Waals surface area contributed by atoms with Gasteiger partial charge in [-0.05, 0) is 31.9 Å². The minimum Gasteiger partial charge on any atom is -0.444 e. The van der Waals surface area contributed by atoms with Crippen LogP contribution in [0, 0.1) is 0 Å². The SMILES string of the molecule is CC(C)(C)OC(=O)N[C@H](COC(F)F)C(=O)NCc1ccc(CI)cc1. The number of nitrogens with one attached hydrogen (secondary N) is 2. The van der Waals surface area contributed by atoms with E-state index in [1.807, 2.05) is 24.3 Å². The van der Waals surface area contributed by atoms with Gasteiger partial charge in [0.2, 0.25) is 5.91 Å². The number of amides is 2. The molecule has 0 aliphatic carbocycles. The number of hydrogen-bond acceptors (Lipinski definition) is 4. The maximum atomic E-state index is 12.3. The van der Waals surface area contributed by atoms with Crippen molar-refractivity contribution in [3.8, 4) is 0 Å². The summed E-state index contributed by atoms with van der Waals surface area (Å²) in [6.07, 6.45) is -0.887. The highest BCUT2D eigenvalue weighted by Crippen LogP contribution is 2.09. The minimum atomic E-state index is -3.05. The van der Waals surface area contributed by atoms with Crippen LogP contribution in [0.3, 0.4) is 0 Å². The van der Waals surface area contributed by atoms with Crippen LogP contribution in [0.4, 0.5) is 13.6 Å². The van der Waals surface area contributed by atoms with E-state index in [9.17, 15) is 18.4 Å². The van der Waals surface area contributed by atoms with Gasteiger partial charge in [0.05, 0.1) is 6.61 Å². The Morgan fingerprint density at radius 1 is 1.15 bits per heavy atom. The molecular weight excluding hydrogens is 461 g/mol. The van der Waals surface area contributed by atoms with Gasteiger partial charge in [0.15, 0.2) is 0 Å². The zero-order chi connectivity index (χ0) is 19.7. The normalized spacial score (nSPS) is 12.6. The van der Waals surface area contributed by atoms with E-state index in [-0.39, 0.29) is 6.54 Å². The number of halogens is 3. The maximum Gasteiger partial charge on any atom is 0.408 e. The number of alkyl halides is 3. The van der Waals surface area contributed by atoms with Gasteiger partial charge in [0.1, 0.15) is 11.6 Å². The Hall–Kier alpha value is -1.49. The molecule has 1 atom stereocenters. The van der Waals surface area contributed by atoms with Gasteiger partial charge in [0.25, 0.3) is 0 Å². The zero-order valence-electron chi connectivity index (χ0n) is 14.9. The fourth-order valence-corrected chi connectivity index (χ4v) is 2.37. The molecule has 0 aliphatic rings. The lowest BCUT2D eigenvalue weighted by atomic mass is 10.1. The number of carbonyl (C=O) groups is 2. The molecule has 0 fully saturated rings. The van der Waals surface area contributed by atoms with Crippen LogP contribution >= 0.6 is 22.6 Å². The number of alkyl carbamates (subject to hydrolysis) is 1. The van der Waals surface area contributed by atoms with Crippen molar-refractivity contribution in [2.24, 2.45) is 0 Å². The van der Waals surface area contributed by atoms with Crippen LogP contribution in [-0.2, 0) is 25.2 Å². The third-order valence-electron chi connectivity index (χ3n) is 3.04. The van der Waals surface area contributed by atoms with Gasteiger partial charge in [-0.25, -0.2) is 4.79 Å².